The summed E-state index contributed by atoms with van der Waals surface area (Å²) in [6.45, 7) is 7.99. The Kier molecular flexibility index (Phi) is 6.09. The van der Waals surface area contributed by atoms with Gasteiger partial charge in [0.1, 0.15) is 5.60 Å². The highest BCUT2D eigenvalue weighted by Crippen LogP contribution is 2.24. The first-order valence-corrected chi connectivity index (χ1v) is 8.78. The minimum Gasteiger partial charge on any atom is -0.444 e. The second-order valence-electron chi connectivity index (χ2n) is 7.80. The van der Waals surface area contributed by atoms with Gasteiger partial charge in [0.2, 0.25) is 0 Å². The molecule has 0 radical (unpaired) electrons. The minimum atomic E-state index is -0.418. The first-order valence-electron chi connectivity index (χ1n) is 8.78. The van der Waals surface area contributed by atoms with Gasteiger partial charge in [-0.1, -0.05) is 0 Å². The number of hydrogen-bond donors (Lipinski definition) is 2. The van der Waals surface area contributed by atoms with Gasteiger partial charge in [-0.05, 0) is 65.8 Å². The normalized spacial score (nSPS) is 29.4. The summed E-state index contributed by atoms with van der Waals surface area (Å²) in [5, 5.41) is 7.22. The van der Waals surface area contributed by atoms with Crippen LogP contribution in [0.2, 0.25) is 0 Å². The van der Waals surface area contributed by atoms with Gasteiger partial charge >= 0.3 is 6.09 Å². The number of carbonyl (C=O) groups excluding carboxylic acids is 1. The van der Waals surface area contributed by atoms with Crippen molar-refractivity contribution < 1.29 is 9.53 Å². The van der Waals surface area contributed by atoms with Crippen LogP contribution in [0.15, 0.2) is 0 Å². The average molecular weight is 311 g/mol. The van der Waals surface area contributed by atoms with E-state index in [1.54, 1.807) is 4.90 Å². The summed E-state index contributed by atoms with van der Waals surface area (Å²) in [4.78, 5) is 13.9. The van der Waals surface area contributed by atoms with Crippen LogP contribution < -0.4 is 10.6 Å². The molecule has 1 amide bonds. The van der Waals surface area contributed by atoms with Crippen molar-refractivity contribution in [3.05, 3.63) is 0 Å². The van der Waals surface area contributed by atoms with E-state index in [2.05, 4.69) is 10.6 Å². The molecule has 1 aliphatic carbocycles. The van der Waals surface area contributed by atoms with E-state index in [1.807, 2.05) is 27.8 Å². The largest absolute Gasteiger partial charge is 0.444 e. The van der Waals surface area contributed by atoms with Gasteiger partial charge in [-0.25, -0.2) is 4.79 Å². The molecule has 2 aliphatic rings. The highest BCUT2D eigenvalue weighted by atomic mass is 16.6. The van der Waals surface area contributed by atoms with Crippen LogP contribution >= 0.6 is 0 Å². The summed E-state index contributed by atoms with van der Waals surface area (Å²) < 4.78 is 5.46. The maximum Gasteiger partial charge on any atom is 0.410 e. The minimum absolute atomic E-state index is 0.195. The lowest BCUT2D eigenvalue weighted by Gasteiger charge is -2.36. The van der Waals surface area contributed by atoms with Crippen molar-refractivity contribution in [3.8, 4) is 0 Å². The van der Waals surface area contributed by atoms with E-state index >= 15 is 0 Å². The Morgan fingerprint density at radius 3 is 2.45 bits per heavy atom. The smallest absolute Gasteiger partial charge is 0.410 e. The highest BCUT2D eigenvalue weighted by molar-refractivity contribution is 5.68. The molecule has 128 valence electrons. The van der Waals surface area contributed by atoms with E-state index in [-0.39, 0.29) is 6.09 Å². The van der Waals surface area contributed by atoms with Crippen molar-refractivity contribution in [3.63, 3.8) is 0 Å². The second kappa shape index (κ2) is 7.64. The maximum absolute atomic E-state index is 12.1. The first-order chi connectivity index (χ1) is 10.3. The SMILES string of the molecule is CN(C(=O)OC(C)(C)C)C1CCC(NCC2CCCN2)CC1. The summed E-state index contributed by atoms with van der Waals surface area (Å²) in [7, 11) is 1.87. The van der Waals surface area contributed by atoms with Gasteiger partial charge in [0.25, 0.3) is 0 Å². The third-order valence-electron chi connectivity index (χ3n) is 4.74. The molecule has 2 fully saturated rings. The number of ether oxygens (including phenoxy) is 1. The fourth-order valence-corrected chi connectivity index (χ4v) is 3.39. The molecular formula is C17H33N3O2. The van der Waals surface area contributed by atoms with E-state index in [4.69, 9.17) is 4.74 Å². The Morgan fingerprint density at radius 1 is 1.23 bits per heavy atom. The second-order valence-corrected chi connectivity index (χ2v) is 7.80. The van der Waals surface area contributed by atoms with Gasteiger partial charge in [0.05, 0.1) is 0 Å². The summed E-state index contributed by atoms with van der Waals surface area (Å²) in [6.07, 6.45) is 6.81. The van der Waals surface area contributed by atoms with Gasteiger partial charge < -0.3 is 20.3 Å². The number of nitrogens with zero attached hydrogens (tertiary/aromatic N) is 1. The number of carbonyl (C=O) groups is 1. The summed E-state index contributed by atoms with van der Waals surface area (Å²) in [5.74, 6) is 0. The molecule has 1 saturated carbocycles. The van der Waals surface area contributed by atoms with Crippen LogP contribution in [0.1, 0.15) is 59.3 Å². The molecule has 2 N–H and O–H groups in total. The predicted molar refractivity (Wildman–Crippen MR) is 89.1 cm³/mol. The van der Waals surface area contributed by atoms with Crippen molar-refractivity contribution in [2.24, 2.45) is 0 Å². The molecule has 1 unspecified atom stereocenters. The van der Waals surface area contributed by atoms with Crippen LogP contribution in [0.5, 0.6) is 0 Å². The Hall–Kier alpha value is -0.810. The van der Waals surface area contributed by atoms with Crippen LogP contribution in [0.4, 0.5) is 4.79 Å². The van der Waals surface area contributed by atoms with E-state index in [0.717, 1.165) is 32.2 Å². The molecule has 0 aromatic heterocycles. The Labute approximate surface area is 135 Å². The first kappa shape index (κ1) is 17.5. The van der Waals surface area contributed by atoms with E-state index in [0.29, 0.717) is 18.1 Å². The fourth-order valence-electron chi connectivity index (χ4n) is 3.39. The van der Waals surface area contributed by atoms with Gasteiger partial charge in [-0.3, -0.25) is 0 Å². The molecular weight excluding hydrogens is 278 g/mol. The molecule has 0 aromatic rings. The van der Waals surface area contributed by atoms with Crippen LogP contribution in [0, 0.1) is 0 Å². The Morgan fingerprint density at radius 2 is 1.91 bits per heavy atom. The van der Waals surface area contributed by atoms with Crippen molar-refractivity contribution in [2.75, 3.05) is 20.1 Å². The third kappa shape index (κ3) is 5.43. The maximum atomic E-state index is 12.1. The predicted octanol–water partition coefficient (Wildman–Crippen LogP) is 2.51. The zero-order valence-corrected chi connectivity index (χ0v) is 14.7. The van der Waals surface area contributed by atoms with Crippen molar-refractivity contribution >= 4 is 6.09 Å². The van der Waals surface area contributed by atoms with Gasteiger partial charge in [0.15, 0.2) is 0 Å². The Bertz CT molecular complexity index is 353. The van der Waals surface area contributed by atoms with E-state index in [1.165, 1.54) is 19.4 Å². The van der Waals surface area contributed by atoms with E-state index in [9.17, 15) is 4.79 Å². The number of rotatable bonds is 4. The van der Waals surface area contributed by atoms with Gasteiger partial charge in [-0.2, -0.15) is 0 Å². The molecule has 0 bridgehead atoms. The van der Waals surface area contributed by atoms with Crippen LogP contribution in [-0.2, 0) is 4.74 Å². The van der Waals surface area contributed by atoms with Gasteiger partial charge in [-0.15, -0.1) is 0 Å². The fraction of sp³-hybridized carbons (Fsp3) is 0.941. The highest BCUT2D eigenvalue weighted by Gasteiger charge is 2.29. The molecule has 1 saturated heterocycles. The molecule has 2 rings (SSSR count). The molecule has 0 spiro atoms. The monoisotopic (exact) mass is 311 g/mol. The molecule has 1 atom stereocenters. The molecule has 0 aromatic carbocycles. The number of amides is 1. The standard InChI is InChI=1S/C17H33N3O2/c1-17(2,3)22-16(21)20(4)15-9-7-13(8-10-15)19-12-14-6-5-11-18-14/h13-15,18-19H,5-12H2,1-4H3. The quantitative estimate of drug-likeness (QED) is 0.837. The van der Waals surface area contributed by atoms with Crippen molar-refractivity contribution in [1.29, 1.82) is 0 Å². The topological polar surface area (TPSA) is 53.6 Å². The molecule has 5 nitrogen and oxygen atoms in total. The van der Waals surface area contributed by atoms with Crippen molar-refractivity contribution in [2.45, 2.75) is 83.0 Å². The summed E-state index contributed by atoms with van der Waals surface area (Å²) >= 11 is 0. The summed E-state index contributed by atoms with van der Waals surface area (Å²) in [6, 6.07) is 1.57. The lowest BCUT2D eigenvalue weighted by molar-refractivity contribution is 0.0179. The number of nitrogens with one attached hydrogen (secondary N) is 2. The zero-order valence-electron chi connectivity index (χ0n) is 14.7. The van der Waals surface area contributed by atoms with Gasteiger partial charge in [0, 0.05) is 31.7 Å². The lowest BCUT2D eigenvalue weighted by atomic mass is 9.90. The molecule has 1 aliphatic heterocycles. The number of hydrogen-bond acceptors (Lipinski definition) is 4. The molecule has 22 heavy (non-hydrogen) atoms. The molecule has 1 heterocycles. The van der Waals surface area contributed by atoms with Crippen LogP contribution in [0.3, 0.4) is 0 Å². The van der Waals surface area contributed by atoms with Crippen LogP contribution in [0.25, 0.3) is 0 Å². The Balaban J connectivity index is 1.68. The molecule has 5 heteroatoms. The average Bonchev–Trinajstić information content (AvgIpc) is 2.96. The van der Waals surface area contributed by atoms with Crippen molar-refractivity contribution in [1.82, 2.24) is 15.5 Å². The third-order valence-corrected chi connectivity index (χ3v) is 4.74. The van der Waals surface area contributed by atoms with E-state index < -0.39 is 5.60 Å². The zero-order chi connectivity index (χ0) is 16.2. The summed E-state index contributed by atoms with van der Waals surface area (Å²) in [5.41, 5.74) is -0.418. The lowest BCUT2D eigenvalue weighted by Crippen LogP contribution is -2.46. The van der Waals surface area contributed by atoms with Crippen LogP contribution in [-0.4, -0.2) is 54.9 Å².